The molecule has 4 nitrogen and oxygen atoms in total. The number of hydrogen-bond donors (Lipinski definition) is 1. The summed E-state index contributed by atoms with van der Waals surface area (Å²) in [5.74, 6) is 1.79. The number of carbonyl (C=O) groups excluding carboxylic acids is 2. The second-order valence-corrected chi connectivity index (χ2v) is 1.97. The number of nitrogens with one attached hydrogen (secondary N) is 1. The van der Waals surface area contributed by atoms with E-state index in [1.54, 1.807) is 5.94 Å². The van der Waals surface area contributed by atoms with Crippen LogP contribution in [-0.4, -0.2) is 23.7 Å². The molecule has 0 aromatic heterocycles. The highest BCUT2D eigenvalue weighted by atomic mass is 16.1. The maximum Gasteiger partial charge on any atom is 0.146 e. The molecule has 0 bridgehead atoms. The van der Waals surface area contributed by atoms with E-state index in [1.165, 1.54) is 0 Å². The molecule has 0 unspecified atom stereocenters. The summed E-state index contributed by atoms with van der Waals surface area (Å²) in [6.45, 7) is 0.587. The molecule has 0 saturated carbocycles. The fourth-order valence-corrected chi connectivity index (χ4v) is 0.773. The van der Waals surface area contributed by atoms with E-state index in [9.17, 15) is 9.59 Å². The van der Waals surface area contributed by atoms with Crippen molar-refractivity contribution in [3.05, 3.63) is 5.70 Å². The molecular weight excluding hydrogens is 134 g/mol. The van der Waals surface area contributed by atoms with Crippen LogP contribution >= 0.6 is 0 Å². The van der Waals surface area contributed by atoms with Crippen LogP contribution in [0.4, 0.5) is 0 Å². The van der Waals surface area contributed by atoms with E-state index in [0.29, 0.717) is 18.7 Å². The minimum absolute atomic E-state index is 0. The third kappa shape index (κ3) is 2.01. The summed E-state index contributed by atoms with van der Waals surface area (Å²) in [6, 6.07) is 0. The summed E-state index contributed by atoms with van der Waals surface area (Å²) in [6.07, 6.45) is 0.772. The molecule has 1 fully saturated rings. The third-order valence-corrected chi connectivity index (χ3v) is 1.24. The molecule has 0 amide bonds. The highest BCUT2D eigenvalue weighted by Crippen LogP contribution is 2.02. The van der Waals surface area contributed by atoms with Crippen molar-refractivity contribution in [1.82, 2.24) is 5.32 Å². The molecule has 56 valence electrons. The van der Waals surface area contributed by atoms with Crippen LogP contribution in [0, 0.1) is 0 Å². The lowest BCUT2D eigenvalue weighted by Crippen LogP contribution is -2.26. The highest BCUT2D eigenvalue weighted by molar-refractivity contribution is 5.84. The maximum absolute atomic E-state index is 10.6. The first-order valence-electron chi connectivity index (χ1n) is 2.82. The lowest BCUT2D eigenvalue weighted by atomic mass is 10.1. The van der Waals surface area contributed by atoms with Crippen LogP contribution in [0.1, 0.15) is 12.8 Å². The van der Waals surface area contributed by atoms with Crippen molar-refractivity contribution in [2.45, 2.75) is 12.8 Å². The Labute approximate surface area is 58.2 Å². The molecule has 1 aliphatic heterocycles. The predicted octanol–water partition coefficient (Wildman–Crippen LogP) is -1.17. The Morgan fingerprint density at radius 2 is 2.20 bits per heavy atom. The number of Topliss-reactive ketones (excluding diaryl/α,β-unsaturated/α-hetero) is 1. The van der Waals surface area contributed by atoms with Gasteiger partial charge in [0.05, 0.1) is 6.42 Å². The number of hydrogen-bond acceptors (Lipinski definition) is 3. The van der Waals surface area contributed by atoms with Crippen molar-refractivity contribution in [2.75, 3.05) is 6.54 Å². The van der Waals surface area contributed by atoms with Gasteiger partial charge in [-0.2, -0.15) is 0 Å². The summed E-state index contributed by atoms with van der Waals surface area (Å²) in [5, 5.41) is 2.77. The second kappa shape index (κ2) is 3.82. The average molecular weight is 143 g/mol. The van der Waals surface area contributed by atoms with Gasteiger partial charge < -0.3 is 10.8 Å². The van der Waals surface area contributed by atoms with Gasteiger partial charge in [-0.15, -0.1) is 0 Å². The van der Waals surface area contributed by atoms with E-state index in [-0.39, 0.29) is 17.7 Å². The molecule has 0 spiro atoms. The first-order chi connectivity index (χ1) is 4.33. The quantitative estimate of drug-likeness (QED) is 0.434. The van der Waals surface area contributed by atoms with Crippen LogP contribution in [-0.2, 0) is 9.59 Å². The van der Waals surface area contributed by atoms with E-state index in [0.717, 1.165) is 0 Å². The summed E-state index contributed by atoms with van der Waals surface area (Å²) in [4.78, 5) is 20.5. The summed E-state index contributed by atoms with van der Waals surface area (Å²) >= 11 is 0. The molecule has 0 aliphatic carbocycles. The SMILES string of the molecule is O.O=C=C1CC(=O)CCN1. The van der Waals surface area contributed by atoms with Crippen molar-refractivity contribution < 1.29 is 15.1 Å². The summed E-state index contributed by atoms with van der Waals surface area (Å²) in [5.41, 5.74) is 0.395. The Balaban J connectivity index is 0.000000810. The Kier molecular flexibility index (Phi) is 3.39. The maximum atomic E-state index is 10.6. The van der Waals surface area contributed by atoms with Gasteiger partial charge in [-0.3, -0.25) is 4.79 Å². The van der Waals surface area contributed by atoms with Gasteiger partial charge in [-0.1, -0.05) is 0 Å². The average Bonchev–Trinajstić information content (AvgIpc) is 1.88. The van der Waals surface area contributed by atoms with Crippen molar-refractivity contribution in [3.63, 3.8) is 0 Å². The number of piperidine rings is 1. The van der Waals surface area contributed by atoms with Gasteiger partial charge in [-0.05, 0) is 0 Å². The zero-order valence-electron chi connectivity index (χ0n) is 5.44. The zero-order chi connectivity index (χ0) is 6.69. The Morgan fingerprint density at radius 1 is 1.50 bits per heavy atom. The first-order valence-corrected chi connectivity index (χ1v) is 2.82. The molecule has 1 rings (SSSR count). The lowest BCUT2D eigenvalue weighted by molar-refractivity contribution is -0.119. The van der Waals surface area contributed by atoms with Gasteiger partial charge in [0.1, 0.15) is 17.4 Å². The van der Waals surface area contributed by atoms with Crippen molar-refractivity contribution in [2.24, 2.45) is 0 Å². The fourth-order valence-electron chi connectivity index (χ4n) is 0.773. The standard InChI is InChI=1S/C6H7NO2.H2O/c8-4-5-3-6(9)1-2-7-5;/h7H,1-3H2;1H2. The number of allylic oxidation sites excluding steroid dienone is 1. The lowest BCUT2D eigenvalue weighted by Gasteiger charge is -2.11. The molecule has 4 heteroatoms. The van der Waals surface area contributed by atoms with E-state index >= 15 is 0 Å². The molecule has 0 aromatic carbocycles. The van der Waals surface area contributed by atoms with Crippen LogP contribution in [0.25, 0.3) is 0 Å². The first kappa shape index (κ1) is 8.88. The van der Waals surface area contributed by atoms with Crippen LogP contribution in [0.3, 0.4) is 0 Å². The third-order valence-electron chi connectivity index (χ3n) is 1.24. The molecule has 1 saturated heterocycles. The smallest absolute Gasteiger partial charge is 0.146 e. The van der Waals surface area contributed by atoms with Gasteiger partial charge in [-0.25, -0.2) is 4.79 Å². The Bertz CT molecular complexity index is 181. The molecule has 0 radical (unpaired) electrons. The largest absolute Gasteiger partial charge is 0.412 e. The van der Waals surface area contributed by atoms with Crippen molar-refractivity contribution in [1.29, 1.82) is 0 Å². The Morgan fingerprint density at radius 3 is 2.60 bits per heavy atom. The van der Waals surface area contributed by atoms with Crippen LogP contribution < -0.4 is 5.32 Å². The Hall–Kier alpha value is -1.12. The molecule has 0 atom stereocenters. The fraction of sp³-hybridized carbons (Fsp3) is 0.500. The van der Waals surface area contributed by atoms with Gasteiger partial charge in [0.15, 0.2) is 0 Å². The monoisotopic (exact) mass is 143 g/mol. The van der Waals surface area contributed by atoms with E-state index in [4.69, 9.17) is 0 Å². The van der Waals surface area contributed by atoms with Gasteiger partial charge in [0.25, 0.3) is 0 Å². The zero-order valence-corrected chi connectivity index (χ0v) is 5.44. The molecule has 3 N–H and O–H groups in total. The van der Waals surface area contributed by atoms with Crippen molar-refractivity contribution >= 4 is 11.7 Å². The summed E-state index contributed by atoms with van der Waals surface area (Å²) in [7, 11) is 0. The topological polar surface area (TPSA) is 77.7 Å². The minimum atomic E-state index is 0. The van der Waals surface area contributed by atoms with E-state index in [1.807, 2.05) is 0 Å². The number of carbonyl (C=O) groups is 1. The molecule has 10 heavy (non-hydrogen) atoms. The predicted molar refractivity (Wildman–Crippen MR) is 35.1 cm³/mol. The number of rotatable bonds is 0. The van der Waals surface area contributed by atoms with Crippen LogP contribution in [0.15, 0.2) is 5.70 Å². The second-order valence-electron chi connectivity index (χ2n) is 1.97. The van der Waals surface area contributed by atoms with Crippen molar-refractivity contribution in [3.8, 4) is 0 Å². The normalized spacial score (nSPS) is 16.8. The molecule has 0 aromatic rings. The minimum Gasteiger partial charge on any atom is -0.412 e. The number of ketones is 1. The summed E-state index contributed by atoms with van der Waals surface area (Å²) < 4.78 is 0. The van der Waals surface area contributed by atoms with Gasteiger partial charge in [0, 0.05) is 13.0 Å². The van der Waals surface area contributed by atoms with E-state index in [2.05, 4.69) is 5.32 Å². The van der Waals surface area contributed by atoms with Gasteiger partial charge in [0.2, 0.25) is 0 Å². The van der Waals surface area contributed by atoms with E-state index < -0.39 is 0 Å². The van der Waals surface area contributed by atoms with Crippen LogP contribution in [0.5, 0.6) is 0 Å². The molecule has 1 heterocycles. The van der Waals surface area contributed by atoms with Crippen LogP contribution in [0.2, 0.25) is 0 Å². The highest BCUT2D eigenvalue weighted by Gasteiger charge is 2.11. The molecule has 1 aliphatic rings. The van der Waals surface area contributed by atoms with Gasteiger partial charge >= 0.3 is 0 Å². The molecular formula is C6H9NO3.